The first kappa shape index (κ1) is 24.7. The molecule has 1 aromatic carbocycles. The summed E-state index contributed by atoms with van der Waals surface area (Å²) in [5.41, 5.74) is 2.04. The zero-order valence-corrected chi connectivity index (χ0v) is 21.2. The average molecular weight is 481 g/mol. The largest absolute Gasteiger partial charge is 0.356 e. The van der Waals surface area contributed by atoms with Crippen LogP contribution in [0.5, 0.6) is 0 Å². The molecule has 1 aromatic heterocycles. The summed E-state index contributed by atoms with van der Waals surface area (Å²) in [5.74, 6) is 0.975. The van der Waals surface area contributed by atoms with Gasteiger partial charge in [0.15, 0.2) is 0 Å². The van der Waals surface area contributed by atoms with Crippen LogP contribution in [0.1, 0.15) is 42.5 Å². The molecule has 1 aliphatic heterocycles. The van der Waals surface area contributed by atoms with Crippen LogP contribution in [-0.4, -0.2) is 33.3 Å². The fraction of sp³-hybridized carbons (Fsp3) is 0.360. The zero-order valence-electron chi connectivity index (χ0n) is 19.6. The molecule has 2 heterocycles. The third-order valence-corrected chi connectivity index (χ3v) is 7.05. The number of thioether (sulfide) groups is 1. The lowest BCUT2D eigenvalue weighted by molar-refractivity contribution is -0.122. The Bertz CT molecular complexity index is 1210. The van der Waals surface area contributed by atoms with Crippen molar-refractivity contribution >= 4 is 46.1 Å². The Hall–Kier alpha value is -2.89. The number of nitriles is 1. The monoisotopic (exact) mass is 480 g/mol. The molecule has 6 nitrogen and oxygen atoms in total. The van der Waals surface area contributed by atoms with E-state index in [0.717, 1.165) is 12.0 Å². The molecule has 1 fully saturated rings. The number of thiocarbonyl (C=S) groups is 1. The molecule has 0 N–H and O–H groups in total. The third kappa shape index (κ3) is 5.21. The van der Waals surface area contributed by atoms with Gasteiger partial charge in [-0.3, -0.25) is 19.1 Å². The number of hydrogen-bond donors (Lipinski definition) is 0. The van der Waals surface area contributed by atoms with Crippen LogP contribution in [0.3, 0.4) is 0 Å². The highest BCUT2D eigenvalue weighted by atomic mass is 32.2. The Morgan fingerprint density at radius 1 is 1.24 bits per heavy atom. The lowest BCUT2D eigenvalue weighted by Gasteiger charge is -2.26. The standard InChI is InChI=1S/C25H28N4O2S2/c1-16(2)11-12-29-24(31)21(33-25(29)32)13-19-17(3)20(14-26)23(30)28(5)22(19)27(4)15-18-9-7-6-8-10-18/h6-10,13,16H,11-12,15H2,1-5H3. The van der Waals surface area contributed by atoms with E-state index in [0.29, 0.717) is 45.2 Å². The summed E-state index contributed by atoms with van der Waals surface area (Å²) in [4.78, 5) is 30.1. The maximum Gasteiger partial charge on any atom is 0.270 e. The molecule has 1 saturated heterocycles. The smallest absolute Gasteiger partial charge is 0.270 e. The molecule has 0 radical (unpaired) electrons. The Morgan fingerprint density at radius 3 is 2.52 bits per heavy atom. The van der Waals surface area contributed by atoms with Gasteiger partial charge in [0.05, 0.1) is 4.91 Å². The number of benzene rings is 1. The predicted molar refractivity (Wildman–Crippen MR) is 139 cm³/mol. The van der Waals surface area contributed by atoms with E-state index in [1.54, 1.807) is 24.9 Å². The summed E-state index contributed by atoms with van der Waals surface area (Å²) < 4.78 is 2.02. The lowest BCUT2D eigenvalue weighted by Crippen LogP contribution is -2.31. The van der Waals surface area contributed by atoms with E-state index in [1.807, 2.05) is 48.3 Å². The first-order valence-electron chi connectivity index (χ1n) is 10.8. The van der Waals surface area contributed by atoms with E-state index in [2.05, 4.69) is 13.8 Å². The van der Waals surface area contributed by atoms with Crippen molar-refractivity contribution in [3.8, 4) is 6.07 Å². The predicted octanol–water partition coefficient (Wildman–Crippen LogP) is 4.45. The molecule has 8 heteroatoms. The number of aromatic nitrogens is 1. The van der Waals surface area contributed by atoms with Crippen molar-refractivity contribution < 1.29 is 4.79 Å². The van der Waals surface area contributed by atoms with Crippen LogP contribution in [0.4, 0.5) is 5.82 Å². The maximum atomic E-state index is 13.1. The molecule has 0 unspecified atom stereocenters. The van der Waals surface area contributed by atoms with Crippen LogP contribution >= 0.6 is 24.0 Å². The fourth-order valence-electron chi connectivity index (χ4n) is 3.82. The number of anilines is 1. The molecule has 172 valence electrons. The molecule has 2 aromatic rings. The Labute approximate surface area is 204 Å². The number of nitrogens with zero attached hydrogens (tertiary/aromatic N) is 4. The topological polar surface area (TPSA) is 69.3 Å². The van der Waals surface area contributed by atoms with E-state index in [1.165, 1.54) is 16.3 Å². The first-order valence-corrected chi connectivity index (χ1v) is 12.0. The number of hydrogen-bond acceptors (Lipinski definition) is 6. The van der Waals surface area contributed by atoms with Gasteiger partial charge in [0.25, 0.3) is 11.5 Å². The Kier molecular flexibility index (Phi) is 7.77. The van der Waals surface area contributed by atoms with Crippen molar-refractivity contribution in [2.75, 3.05) is 18.5 Å². The number of pyridine rings is 1. The van der Waals surface area contributed by atoms with Crippen LogP contribution in [0.2, 0.25) is 0 Å². The van der Waals surface area contributed by atoms with Crippen LogP contribution in [0.25, 0.3) is 6.08 Å². The zero-order chi connectivity index (χ0) is 24.3. The number of rotatable bonds is 7. The van der Waals surface area contributed by atoms with Gasteiger partial charge >= 0.3 is 0 Å². The fourth-order valence-corrected chi connectivity index (χ4v) is 5.11. The Morgan fingerprint density at radius 2 is 1.91 bits per heavy atom. The van der Waals surface area contributed by atoms with E-state index >= 15 is 0 Å². The molecular formula is C25H28N4O2S2. The van der Waals surface area contributed by atoms with Gasteiger partial charge in [0, 0.05) is 32.7 Å². The van der Waals surface area contributed by atoms with Gasteiger partial charge in [-0.25, -0.2) is 0 Å². The molecule has 0 saturated carbocycles. The van der Waals surface area contributed by atoms with Gasteiger partial charge in [-0.2, -0.15) is 5.26 Å². The summed E-state index contributed by atoms with van der Waals surface area (Å²) in [5, 5.41) is 9.63. The van der Waals surface area contributed by atoms with Crippen molar-refractivity contribution in [3.63, 3.8) is 0 Å². The number of carbonyl (C=O) groups is 1. The molecule has 1 aliphatic rings. The number of carbonyl (C=O) groups excluding carboxylic acids is 1. The highest BCUT2D eigenvalue weighted by Crippen LogP contribution is 2.36. The van der Waals surface area contributed by atoms with Gasteiger partial charge < -0.3 is 4.90 Å². The van der Waals surface area contributed by atoms with E-state index in [4.69, 9.17) is 12.2 Å². The first-order chi connectivity index (χ1) is 15.6. The van der Waals surface area contributed by atoms with Crippen molar-refractivity contribution in [1.29, 1.82) is 5.26 Å². The third-order valence-electron chi connectivity index (χ3n) is 5.67. The van der Waals surface area contributed by atoms with Gasteiger partial charge in [0.2, 0.25) is 0 Å². The maximum absolute atomic E-state index is 13.1. The SMILES string of the molecule is Cc1c(C=C2SC(=S)N(CCC(C)C)C2=O)c(N(C)Cc2ccccc2)n(C)c(=O)c1C#N. The molecule has 33 heavy (non-hydrogen) atoms. The lowest BCUT2D eigenvalue weighted by atomic mass is 10.0. The van der Waals surface area contributed by atoms with Crippen molar-refractivity contribution in [3.05, 3.63) is 67.8 Å². The van der Waals surface area contributed by atoms with Gasteiger partial charge in [-0.1, -0.05) is 68.2 Å². The minimum Gasteiger partial charge on any atom is -0.356 e. The van der Waals surface area contributed by atoms with E-state index in [9.17, 15) is 14.9 Å². The average Bonchev–Trinajstić information content (AvgIpc) is 3.04. The minimum absolute atomic E-state index is 0.0795. The second-order valence-electron chi connectivity index (χ2n) is 8.57. The molecule has 0 bridgehead atoms. The highest BCUT2D eigenvalue weighted by molar-refractivity contribution is 8.26. The molecule has 0 spiro atoms. The van der Waals surface area contributed by atoms with E-state index in [-0.39, 0.29) is 17.0 Å². The van der Waals surface area contributed by atoms with Crippen LogP contribution in [0, 0.1) is 24.2 Å². The van der Waals surface area contributed by atoms with Crippen molar-refractivity contribution in [2.45, 2.75) is 33.7 Å². The van der Waals surface area contributed by atoms with E-state index < -0.39 is 0 Å². The quantitative estimate of drug-likeness (QED) is 0.431. The Balaban J connectivity index is 2.10. The molecule has 1 amide bonds. The summed E-state index contributed by atoms with van der Waals surface area (Å²) >= 11 is 6.74. The van der Waals surface area contributed by atoms with Gasteiger partial charge in [-0.05, 0) is 36.5 Å². The second-order valence-corrected chi connectivity index (χ2v) is 10.2. The van der Waals surface area contributed by atoms with Crippen LogP contribution in [0.15, 0.2) is 40.0 Å². The minimum atomic E-state index is -0.355. The number of amides is 1. The summed E-state index contributed by atoms with van der Waals surface area (Å²) in [6.45, 7) is 7.12. The summed E-state index contributed by atoms with van der Waals surface area (Å²) in [6, 6.07) is 12.0. The van der Waals surface area contributed by atoms with Gasteiger partial charge in [-0.15, -0.1) is 0 Å². The molecule has 0 atom stereocenters. The molecule has 0 aliphatic carbocycles. The van der Waals surface area contributed by atoms with Crippen LogP contribution in [-0.2, 0) is 18.4 Å². The second kappa shape index (κ2) is 10.4. The molecular weight excluding hydrogens is 452 g/mol. The van der Waals surface area contributed by atoms with Crippen molar-refractivity contribution in [1.82, 2.24) is 9.47 Å². The summed E-state index contributed by atoms with van der Waals surface area (Å²) in [6.07, 6.45) is 2.64. The molecule has 3 rings (SSSR count). The van der Waals surface area contributed by atoms with Crippen LogP contribution < -0.4 is 10.5 Å². The highest BCUT2D eigenvalue weighted by Gasteiger charge is 2.32. The normalized spacial score (nSPS) is 14.9. The van der Waals surface area contributed by atoms with Crippen molar-refractivity contribution in [2.24, 2.45) is 13.0 Å². The summed E-state index contributed by atoms with van der Waals surface area (Å²) in [7, 11) is 3.56. The van der Waals surface area contributed by atoms with Gasteiger partial charge in [0.1, 0.15) is 21.8 Å².